The third-order valence-corrected chi connectivity index (χ3v) is 5.77. The summed E-state index contributed by atoms with van der Waals surface area (Å²) in [5.41, 5.74) is 6.59. The number of aromatic nitrogens is 5. The third kappa shape index (κ3) is 2.82. The molecule has 2 N–H and O–H groups in total. The Morgan fingerprint density at radius 3 is 2.66 bits per heavy atom. The van der Waals surface area contributed by atoms with E-state index in [2.05, 4.69) is 21.1 Å². The number of nitrogen functional groups attached to an aromatic ring is 1. The van der Waals surface area contributed by atoms with Gasteiger partial charge in [-0.2, -0.15) is 15.3 Å². The van der Waals surface area contributed by atoms with Gasteiger partial charge in [0.2, 0.25) is 5.95 Å². The number of nitriles is 1. The number of anilines is 2. The summed E-state index contributed by atoms with van der Waals surface area (Å²) < 4.78 is 17.1. The highest BCUT2D eigenvalue weighted by atomic mass is 19.1. The number of hydrogen-bond acceptors (Lipinski definition) is 7. The molecule has 1 saturated heterocycles. The number of nitrogens with zero attached hydrogens (tertiary/aromatic N) is 7. The highest BCUT2D eigenvalue weighted by Gasteiger charge is 2.43. The molecular weight excluding hydrogens is 411 g/mol. The topological polar surface area (TPSA) is 118 Å². The van der Waals surface area contributed by atoms with Crippen LogP contribution in [-0.4, -0.2) is 30.7 Å². The van der Waals surface area contributed by atoms with Crippen LogP contribution in [-0.2, 0) is 0 Å². The molecule has 4 heterocycles. The Hall–Kier alpha value is -4.26. The van der Waals surface area contributed by atoms with Gasteiger partial charge in [-0.25, -0.2) is 13.9 Å². The number of halogens is 1. The zero-order valence-corrected chi connectivity index (χ0v) is 17.4. The summed E-state index contributed by atoms with van der Waals surface area (Å²) in [6, 6.07) is 12.0. The van der Waals surface area contributed by atoms with E-state index in [4.69, 9.17) is 5.73 Å². The molecule has 1 unspecified atom stereocenters. The minimum absolute atomic E-state index is 0.0612. The second kappa shape index (κ2) is 7.16. The molecule has 32 heavy (non-hydrogen) atoms. The van der Waals surface area contributed by atoms with E-state index in [-0.39, 0.29) is 17.4 Å². The maximum Gasteiger partial charge on any atom is 0.285 e. The number of rotatable bonds is 3. The van der Waals surface area contributed by atoms with Crippen molar-refractivity contribution in [2.75, 3.05) is 17.2 Å². The molecule has 0 bridgehead atoms. The second-order valence-electron chi connectivity index (χ2n) is 7.84. The Morgan fingerprint density at radius 2 is 1.97 bits per heavy atom. The molecule has 10 heteroatoms. The number of aryl methyl sites for hydroxylation is 1. The zero-order chi connectivity index (χ0) is 22.6. The summed E-state index contributed by atoms with van der Waals surface area (Å²) in [5, 5.41) is 14.3. The van der Waals surface area contributed by atoms with E-state index in [9.17, 15) is 14.4 Å². The van der Waals surface area contributed by atoms with Gasteiger partial charge in [0.1, 0.15) is 11.6 Å². The maximum absolute atomic E-state index is 14.4. The smallest absolute Gasteiger partial charge is 0.285 e. The molecule has 5 rings (SSSR count). The van der Waals surface area contributed by atoms with Crippen molar-refractivity contribution in [3.8, 4) is 11.8 Å². The summed E-state index contributed by atoms with van der Waals surface area (Å²) in [5.74, 6) is 0.321. The lowest BCUT2D eigenvalue weighted by atomic mass is 9.88. The van der Waals surface area contributed by atoms with Crippen molar-refractivity contribution in [3.05, 3.63) is 75.8 Å². The van der Waals surface area contributed by atoms with Crippen LogP contribution in [0.5, 0.6) is 0 Å². The molecule has 4 aromatic rings. The highest BCUT2D eigenvalue weighted by molar-refractivity contribution is 5.61. The molecule has 160 valence electrons. The van der Waals surface area contributed by atoms with Crippen LogP contribution in [0.1, 0.15) is 30.0 Å². The van der Waals surface area contributed by atoms with Gasteiger partial charge in [-0.05, 0) is 25.1 Å². The van der Waals surface area contributed by atoms with Crippen LogP contribution in [0.3, 0.4) is 0 Å². The van der Waals surface area contributed by atoms with Gasteiger partial charge in [0.05, 0.1) is 17.4 Å². The molecule has 1 aromatic carbocycles. The first-order valence-corrected chi connectivity index (χ1v) is 10.1. The molecule has 1 aliphatic heterocycles. The van der Waals surface area contributed by atoms with Crippen molar-refractivity contribution >= 4 is 17.3 Å². The van der Waals surface area contributed by atoms with E-state index < -0.39 is 17.4 Å². The van der Waals surface area contributed by atoms with E-state index in [0.717, 1.165) is 0 Å². The molecule has 1 fully saturated rings. The SMILES string of the molecule is Cc1nc(N)nc(N2C[C@H](C)C2c2nn3ccc(F)c3c(=O)n2-c2ccccc2)c1C#N. The van der Waals surface area contributed by atoms with Gasteiger partial charge in [-0.3, -0.25) is 9.36 Å². The molecule has 0 saturated carbocycles. The summed E-state index contributed by atoms with van der Waals surface area (Å²) in [6.07, 6.45) is 1.42. The lowest BCUT2D eigenvalue weighted by molar-refractivity contribution is 0.300. The molecular formula is C22H19FN8O. The van der Waals surface area contributed by atoms with Gasteiger partial charge in [-0.1, -0.05) is 25.1 Å². The lowest BCUT2D eigenvalue weighted by Gasteiger charge is -2.47. The monoisotopic (exact) mass is 430 g/mol. The van der Waals surface area contributed by atoms with Crippen LogP contribution in [0.15, 0.2) is 47.4 Å². The quantitative estimate of drug-likeness (QED) is 0.530. The van der Waals surface area contributed by atoms with E-state index >= 15 is 0 Å². The second-order valence-corrected chi connectivity index (χ2v) is 7.84. The first-order valence-electron chi connectivity index (χ1n) is 10.1. The zero-order valence-electron chi connectivity index (χ0n) is 17.4. The molecule has 2 atom stereocenters. The number of benzene rings is 1. The fourth-order valence-electron chi connectivity index (χ4n) is 4.29. The predicted molar refractivity (Wildman–Crippen MR) is 116 cm³/mol. The van der Waals surface area contributed by atoms with E-state index in [1.54, 1.807) is 31.2 Å². The molecule has 9 nitrogen and oxygen atoms in total. The number of nitrogens with two attached hydrogens (primary N) is 1. The van der Waals surface area contributed by atoms with Crippen LogP contribution in [0, 0.1) is 30.0 Å². The van der Waals surface area contributed by atoms with Crippen LogP contribution in [0.2, 0.25) is 0 Å². The van der Waals surface area contributed by atoms with E-state index in [1.807, 2.05) is 17.9 Å². The Morgan fingerprint density at radius 1 is 1.22 bits per heavy atom. The normalized spacial score (nSPS) is 17.9. The summed E-state index contributed by atoms with van der Waals surface area (Å²) in [6.45, 7) is 4.30. The largest absolute Gasteiger partial charge is 0.368 e. The molecule has 1 aliphatic rings. The molecule has 0 amide bonds. The fourth-order valence-corrected chi connectivity index (χ4v) is 4.29. The van der Waals surface area contributed by atoms with Crippen LogP contribution in [0.4, 0.5) is 16.2 Å². The van der Waals surface area contributed by atoms with E-state index in [1.165, 1.54) is 21.3 Å². The van der Waals surface area contributed by atoms with Crippen molar-refractivity contribution in [1.82, 2.24) is 24.1 Å². The van der Waals surface area contributed by atoms with Crippen LogP contribution in [0.25, 0.3) is 11.2 Å². The van der Waals surface area contributed by atoms with Gasteiger partial charge in [0.15, 0.2) is 23.0 Å². The van der Waals surface area contributed by atoms with Crippen LogP contribution < -0.4 is 16.2 Å². The van der Waals surface area contributed by atoms with Crippen molar-refractivity contribution < 1.29 is 4.39 Å². The van der Waals surface area contributed by atoms with Crippen LogP contribution >= 0.6 is 0 Å². The summed E-state index contributed by atoms with van der Waals surface area (Å²) in [4.78, 5) is 23.7. The number of hydrogen-bond donors (Lipinski definition) is 1. The van der Waals surface area contributed by atoms with E-state index in [0.29, 0.717) is 35.1 Å². The average molecular weight is 430 g/mol. The molecule has 3 aromatic heterocycles. The van der Waals surface area contributed by atoms with Gasteiger partial charge in [-0.15, -0.1) is 0 Å². The van der Waals surface area contributed by atoms with Crippen molar-refractivity contribution in [2.45, 2.75) is 19.9 Å². The molecule has 0 radical (unpaired) electrons. The van der Waals surface area contributed by atoms with Gasteiger partial charge in [0, 0.05) is 18.7 Å². The van der Waals surface area contributed by atoms with Gasteiger partial charge in [0.25, 0.3) is 5.56 Å². The average Bonchev–Trinajstić information content (AvgIpc) is 3.13. The summed E-state index contributed by atoms with van der Waals surface area (Å²) >= 11 is 0. The summed E-state index contributed by atoms with van der Waals surface area (Å²) in [7, 11) is 0. The van der Waals surface area contributed by atoms with Gasteiger partial charge >= 0.3 is 0 Å². The number of fused-ring (bicyclic) bond motifs is 1. The van der Waals surface area contributed by atoms with Gasteiger partial charge < -0.3 is 10.6 Å². The van der Waals surface area contributed by atoms with Crippen molar-refractivity contribution in [3.63, 3.8) is 0 Å². The van der Waals surface area contributed by atoms with Crippen molar-refractivity contribution in [2.24, 2.45) is 5.92 Å². The minimum Gasteiger partial charge on any atom is -0.368 e. The Labute approximate surface area is 182 Å². The number of para-hydroxylation sites is 1. The predicted octanol–water partition coefficient (Wildman–Crippen LogP) is 2.37. The first kappa shape index (κ1) is 19.7. The molecule has 0 aliphatic carbocycles. The minimum atomic E-state index is -0.636. The lowest BCUT2D eigenvalue weighted by Crippen LogP contribution is -2.52. The molecule has 0 spiro atoms. The maximum atomic E-state index is 14.4. The highest BCUT2D eigenvalue weighted by Crippen LogP contribution is 2.42. The fraction of sp³-hybridized carbons (Fsp3) is 0.227. The first-order chi connectivity index (χ1) is 15.4. The Bertz CT molecular complexity index is 1450. The Balaban J connectivity index is 1.76. The van der Waals surface area contributed by atoms with Crippen molar-refractivity contribution in [1.29, 1.82) is 5.26 Å². The Kier molecular flexibility index (Phi) is 4.41. The standard InChI is InChI=1S/C22H19FN8O/c1-12-11-29(19-15(10-24)13(2)26-22(25)27-19)17(12)20-28-30-9-8-16(23)18(30)21(32)31(20)14-6-4-3-5-7-14/h3-9,12,17H,11H2,1-2H3,(H2,25,26,27)/t12-,17?/m0/s1. The third-order valence-electron chi connectivity index (χ3n) is 5.77.